The number of hydrogen-bond donors (Lipinski definition) is 0. The van der Waals surface area contributed by atoms with Crippen LogP contribution in [0.5, 0.6) is 0 Å². The maximum absolute atomic E-state index is 9.54. The van der Waals surface area contributed by atoms with E-state index in [1.54, 1.807) is 11.8 Å². The van der Waals surface area contributed by atoms with Crippen LogP contribution in [-0.2, 0) is 12.0 Å². The summed E-state index contributed by atoms with van der Waals surface area (Å²) in [7, 11) is 0. The summed E-state index contributed by atoms with van der Waals surface area (Å²) in [5.74, 6) is 0.333. The van der Waals surface area contributed by atoms with Gasteiger partial charge in [0.1, 0.15) is 11.2 Å². The summed E-state index contributed by atoms with van der Waals surface area (Å²) in [6, 6.07) is 49.3. The number of furan rings is 1. The molecule has 1 aromatic heterocycles. The second-order valence-corrected chi connectivity index (χ2v) is 15.3. The van der Waals surface area contributed by atoms with Gasteiger partial charge in [0.05, 0.1) is 23.9 Å². The first kappa shape index (κ1) is 33.5. The van der Waals surface area contributed by atoms with Gasteiger partial charge in [-0.2, -0.15) is 5.26 Å². The summed E-state index contributed by atoms with van der Waals surface area (Å²) in [6.07, 6.45) is 3.31. The number of allylic oxidation sites excluding steroid dienone is 2. The van der Waals surface area contributed by atoms with Gasteiger partial charge < -0.3 is 4.42 Å². The van der Waals surface area contributed by atoms with Crippen molar-refractivity contribution in [1.29, 1.82) is 5.26 Å². The van der Waals surface area contributed by atoms with Crippen molar-refractivity contribution in [2.45, 2.75) is 55.9 Å². The van der Waals surface area contributed by atoms with E-state index in [0.29, 0.717) is 18.0 Å². The molecule has 0 N–H and O–H groups in total. The second-order valence-electron chi connectivity index (χ2n) is 14.2. The molecule has 0 bridgehead atoms. The van der Waals surface area contributed by atoms with Crippen LogP contribution in [0.15, 0.2) is 159 Å². The molecular weight excluding hydrogens is 653 g/mol. The first-order valence-electron chi connectivity index (χ1n) is 18.0. The van der Waals surface area contributed by atoms with E-state index in [0.717, 1.165) is 61.2 Å². The molecule has 7 aromatic rings. The molecule has 0 radical (unpaired) electrons. The van der Waals surface area contributed by atoms with Gasteiger partial charge in [-0.1, -0.05) is 149 Å². The molecule has 0 spiro atoms. The highest BCUT2D eigenvalue weighted by atomic mass is 32.2. The Hall–Kier alpha value is -5.63. The van der Waals surface area contributed by atoms with Crippen molar-refractivity contribution in [3.05, 3.63) is 173 Å². The number of benzene rings is 6. The third kappa shape index (κ3) is 6.16. The molecule has 0 saturated carbocycles. The largest absolute Gasteiger partial charge is 0.455 e. The third-order valence-electron chi connectivity index (χ3n) is 10.6. The highest BCUT2D eigenvalue weighted by Crippen LogP contribution is 2.49. The number of nitriles is 1. The number of aliphatic imine (C=N–C) groups is 1. The Balaban J connectivity index is 1.14. The first-order chi connectivity index (χ1) is 25.3. The molecule has 52 heavy (non-hydrogen) atoms. The Kier molecular flexibility index (Phi) is 8.91. The Labute approximate surface area is 310 Å². The zero-order chi connectivity index (χ0) is 35.8. The van der Waals surface area contributed by atoms with Crippen molar-refractivity contribution in [1.82, 2.24) is 0 Å². The van der Waals surface area contributed by atoms with Crippen molar-refractivity contribution >= 4 is 45.0 Å². The molecule has 4 heteroatoms. The van der Waals surface area contributed by atoms with Gasteiger partial charge in [0.15, 0.2) is 0 Å². The Morgan fingerprint density at radius 3 is 2.27 bits per heavy atom. The van der Waals surface area contributed by atoms with Crippen molar-refractivity contribution in [2.75, 3.05) is 0 Å². The lowest BCUT2D eigenvalue weighted by Crippen LogP contribution is -2.23. The molecule has 0 aliphatic carbocycles. The summed E-state index contributed by atoms with van der Waals surface area (Å²) >= 11 is 1.76. The van der Waals surface area contributed by atoms with E-state index in [1.807, 2.05) is 24.3 Å². The van der Waals surface area contributed by atoms with Gasteiger partial charge in [0, 0.05) is 31.5 Å². The highest BCUT2D eigenvalue weighted by Gasteiger charge is 2.33. The van der Waals surface area contributed by atoms with Crippen LogP contribution in [0.4, 0.5) is 0 Å². The second kappa shape index (κ2) is 13.8. The van der Waals surface area contributed by atoms with Gasteiger partial charge in [-0.3, -0.25) is 4.99 Å². The molecule has 1 aliphatic rings. The van der Waals surface area contributed by atoms with E-state index in [2.05, 4.69) is 149 Å². The molecule has 0 fully saturated rings. The van der Waals surface area contributed by atoms with E-state index in [-0.39, 0.29) is 5.41 Å². The summed E-state index contributed by atoms with van der Waals surface area (Å²) < 4.78 is 6.36. The van der Waals surface area contributed by atoms with Gasteiger partial charge in [-0.15, -0.1) is 0 Å². The van der Waals surface area contributed by atoms with E-state index in [1.165, 1.54) is 27.2 Å². The predicted octanol–water partition coefficient (Wildman–Crippen LogP) is 13.0. The molecule has 8 rings (SSSR count). The lowest BCUT2D eigenvalue weighted by atomic mass is 9.77. The van der Waals surface area contributed by atoms with Crippen LogP contribution >= 0.6 is 11.8 Å². The molecule has 3 nitrogen and oxygen atoms in total. The minimum atomic E-state index is -0.150. The SMILES string of the molecule is CCC(C)/C(=C\C(=NCc1ccc2c(c1)Sc1cc(C#N)ccc1C2(C)C)c1ccccc1)c1ccc(-c2cccc3c2oc2ccccc23)cc1. The van der Waals surface area contributed by atoms with Gasteiger partial charge >= 0.3 is 0 Å². The number of nitrogens with zero attached hydrogens (tertiary/aromatic N) is 2. The number of rotatable bonds is 8. The average molecular weight is 693 g/mol. The lowest BCUT2D eigenvalue weighted by molar-refractivity contribution is 0.606. The van der Waals surface area contributed by atoms with E-state index in [9.17, 15) is 5.26 Å². The fraction of sp³-hybridized carbons (Fsp3) is 0.167. The van der Waals surface area contributed by atoms with E-state index in [4.69, 9.17) is 9.41 Å². The minimum absolute atomic E-state index is 0.150. The molecular formula is C48H40N2OS. The molecule has 6 aromatic carbocycles. The molecule has 2 heterocycles. The van der Waals surface area contributed by atoms with E-state index >= 15 is 0 Å². The molecule has 1 atom stereocenters. The molecule has 0 amide bonds. The molecule has 0 saturated heterocycles. The normalized spacial score (nSPS) is 14.5. The maximum atomic E-state index is 9.54. The fourth-order valence-corrected chi connectivity index (χ4v) is 8.92. The van der Waals surface area contributed by atoms with Crippen molar-refractivity contribution in [3.8, 4) is 17.2 Å². The molecule has 1 unspecified atom stereocenters. The maximum Gasteiger partial charge on any atom is 0.143 e. The quantitative estimate of drug-likeness (QED) is 0.149. The lowest BCUT2D eigenvalue weighted by Gasteiger charge is -2.34. The first-order valence-corrected chi connectivity index (χ1v) is 18.8. The summed E-state index contributed by atoms with van der Waals surface area (Å²) in [6.45, 7) is 9.66. The topological polar surface area (TPSA) is 49.3 Å². The number of hydrogen-bond acceptors (Lipinski definition) is 4. The summed E-state index contributed by atoms with van der Waals surface area (Å²) in [4.78, 5) is 7.69. The number of para-hydroxylation sites is 2. The van der Waals surface area contributed by atoms with Crippen LogP contribution in [-0.4, -0.2) is 5.71 Å². The van der Waals surface area contributed by atoms with Crippen LogP contribution in [0.2, 0.25) is 0 Å². The standard InChI is InChI=1S/C48H40N2OS/c1-5-31(2)40(35-22-20-34(21-23-35)37-15-11-16-39-38-14-9-10-17-44(38)51-47(37)39)28-43(36-12-7-6-8-13-36)50-30-33-19-25-42-46(27-33)52-45-26-32(29-49)18-24-41(45)48(42,3)4/h6-28,31H,5,30H2,1-4H3/b40-28+,50-43?. The highest BCUT2D eigenvalue weighted by molar-refractivity contribution is 7.99. The van der Waals surface area contributed by atoms with Crippen LogP contribution in [0.25, 0.3) is 38.6 Å². The van der Waals surface area contributed by atoms with Gasteiger partial charge in [-0.05, 0) is 81.6 Å². The van der Waals surface area contributed by atoms with Crippen LogP contribution in [0.3, 0.4) is 0 Å². The van der Waals surface area contributed by atoms with Crippen molar-refractivity contribution in [3.63, 3.8) is 0 Å². The smallest absolute Gasteiger partial charge is 0.143 e. The van der Waals surface area contributed by atoms with Crippen molar-refractivity contribution < 1.29 is 4.42 Å². The van der Waals surface area contributed by atoms with E-state index < -0.39 is 0 Å². The summed E-state index contributed by atoms with van der Waals surface area (Å²) in [5, 5.41) is 11.8. The molecule has 254 valence electrons. The van der Waals surface area contributed by atoms with Crippen LogP contribution < -0.4 is 0 Å². The monoisotopic (exact) mass is 692 g/mol. The van der Waals surface area contributed by atoms with Gasteiger partial charge in [0.2, 0.25) is 0 Å². The van der Waals surface area contributed by atoms with Gasteiger partial charge in [0.25, 0.3) is 0 Å². The minimum Gasteiger partial charge on any atom is -0.455 e. The fourth-order valence-electron chi connectivity index (χ4n) is 7.42. The van der Waals surface area contributed by atoms with Gasteiger partial charge in [-0.25, -0.2) is 0 Å². The zero-order valence-electron chi connectivity index (χ0n) is 30.0. The zero-order valence-corrected chi connectivity index (χ0v) is 30.8. The van der Waals surface area contributed by atoms with Crippen LogP contribution in [0, 0.1) is 17.2 Å². The predicted molar refractivity (Wildman–Crippen MR) is 217 cm³/mol. The Morgan fingerprint density at radius 2 is 1.50 bits per heavy atom. The third-order valence-corrected chi connectivity index (χ3v) is 11.7. The molecule has 1 aliphatic heterocycles. The number of fused-ring (bicyclic) bond motifs is 5. The average Bonchev–Trinajstić information content (AvgIpc) is 3.57. The van der Waals surface area contributed by atoms with Crippen molar-refractivity contribution in [2.24, 2.45) is 10.9 Å². The Bertz CT molecular complexity index is 2550. The Morgan fingerprint density at radius 1 is 0.788 bits per heavy atom. The van der Waals surface area contributed by atoms with Crippen LogP contribution in [0.1, 0.15) is 67.5 Å². The summed E-state index contributed by atoms with van der Waals surface area (Å²) in [5.41, 5.74) is 12.9.